The van der Waals surface area contributed by atoms with Crippen LogP contribution in [0.25, 0.3) is 0 Å². The van der Waals surface area contributed by atoms with Gasteiger partial charge in [0.2, 0.25) is 5.91 Å². The molecule has 2 heterocycles. The van der Waals surface area contributed by atoms with Crippen LogP contribution in [0.5, 0.6) is 0 Å². The summed E-state index contributed by atoms with van der Waals surface area (Å²) in [6.07, 6.45) is 2.95. The third-order valence-corrected chi connectivity index (χ3v) is 3.63. The van der Waals surface area contributed by atoms with Crippen LogP contribution in [0.4, 0.5) is 0 Å². The molecule has 2 fully saturated rings. The molecule has 2 rings (SSSR count). The van der Waals surface area contributed by atoms with Crippen molar-refractivity contribution in [1.82, 2.24) is 16.0 Å². The van der Waals surface area contributed by atoms with Gasteiger partial charge in [0.15, 0.2) is 0 Å². The highest BCUT2D eigenvalue weighted by Crippen LogP contribution is 2.12. The Hall–Kier alpha value is -0.650. The predicted octanol–water partition coefficient (Wildman–Crippen LogP) is -0.377. The molecule has 0 saturated carbocycles. The summed E-state index contributed by atoms with van der Waals surface area (Å²) in [5, 5.41) is 9.71. The minimum absolute atomic E-state index is 0.0764. The van der Waals surface area contributed by atoms with Crippen LogP contribution in [0.3, 0.4) is 0 Å². The maximum absolute atomic E-state index is 11.8. The van der Waals surface area contributed by atoms with E-state index in [-0.39, 0.29) is 11.4 Å². The molecule has 0 aromatic rings. The summed E-state index contributed by atoms with van der Waals surface area (Å²) in [6, 6.07) is 0.299. The summed E-state index contributed by atoms with van der Waals surface area (Å²) < 4.78 is 5.26. The van der Waals surface area contributed by atoms with Gasteiger partial charge >= 0.3 is 0 Å². The third-order valence-electron chi connectivity index (χ3n) is 3.63. The zero-order chi connectivity index (χ0) is 12.1. The Bertz CT molecular complexity index is 258. The second kappa shape index (κ2) is 5.80. The number of ether oxygens (including phenoxy) is 1. The fourth-order valence-electron chi connectivity index (χ4n) is 2.38. The van der Waals surface area contributed by atoms with Crippen molar-refractivity contribution in [2.45, 2.75) is 37.8 Å². The highest BCUT2D eigenvalue weighted by atomic mass is 16.5. The number of hydrogen-bond acceptors (Lipinski definition) is 4. The second-order valence-corrected chi connectivity index (χ2v) is 5.30. The van der Waals surface area contributed by atoms with Gasteiger partial charge in [-0.05, 0) is 32.7 Å². The Balaban J connectivity index is 1.66. The van der Waals surface area contributed by atoms with Gasteiger partial charge < -0.3 is 20.7 Å². The van der Waals surface area contributed by atoms with E-state index < -0.39 is 0 Å². The Labute approximate surface area is 103 Å². The van der Waals surface area contributed by atoms with Crippen LogP contribution in [0.15, 0.2) is 0 Å². The van der Waals surface area contributed by atoms with Gasteiger partial charge in [0, 0.05) is 31.3 Å². The zero-order valence-corrected chi connectivity index (χ0v) is 10.6. The van der Waals surface area contributed by atoms with E-state index in [1.807, 2.05) is 0 Å². The molecular formula is C12H23N3O2. The summed E-state index contributed by atoms with van der Waals surface area (Å²) in [5.41, 5.74) is 0.0764. The van der Waals surface area contributed by atoms with E-state index in [2.05, 4.69) is 22.9 Å². The molecule has 5 heteroatoms. The van der Waals surface area contributed by atoms with E-state index in [0.717, 1.165) is 45.6 Å². The second-order valence-electron chi connectivity index (χ2n) is 5.30. The smallest absolute Gasteiger partial charge is 0.234 e. The topological polar surface area (TPSA) is 62.4 Å². The molecule has 2 saturated heterocycles. The monoisotopic (exact) mass is 241 g/mol. The lowest BCUT2D eigenvalue weighted by Crippen LogP contribution is -2.50. The molecular weight excluding hydrogens is 218 g/mol. The van der Waals surface area contributed by atoms with Gasteiger partial charge in [0.1, 0.15) is 0 Å². The van der Waals surface area contributed by atoms with E-state index in [4.69, 9.17) is 4.74 Å². The van der Waals surface area contributed by atoms with Crippen LogP contribution >= 0.6 is 0 Å². The molecule has 0 spiro atoms. The Kier molecular flexibility index (Phi) is 4.36. The molecule has 0 aromatic heterocycles. The highest BCUT2D eigenvalue weighted by molar-refractivity contribution is 5.78. The number of hydrogen-bond donors (Lipinski definition) is 3. The van der Waals surface area contributed by atoms with Gasteiger partial charge in [0.05, 0.1) is 6.54 Å². The van der Waals surface area contributed by atoms with Gasteiger partial charge in [-0.2, -0.15) is 0 Å². The van der Waals surface area contributed by atoms with E-state index in [1.54, 1.807) is 0 Å². The summed E-state index contributed by atoms with van der Waals surface area (Å²) in [7, 11) is 0. The molecule has 5 nitrogen and oxygen atoms in total. The lowest BCUT2D eigenvalue weighted by molar-refractivity contribution is -0.121. The lowest BCUT2D eigenvalue weighted by atomic mass is 10.0. The van der Waals surface area contributed by atoms with Crippen LogP contribution < -0.4 is 16.0 Å². The minimum atomic E-state index is 0.0764. The molecule has 3 N–H and O–H groups in total. The van der Waals surface area contributed by atoms with Gasteiger partial charge in [-0.3, -0.25) is 4.79 Å². The van der Waals surface area contributed by atoms with E-state index in [0.29, 0.717) is 12.6 Å². The van der Waals surface area contributed by atoms with Gasteiger partial charge in [0.25, 0.3) is 0 Å². The van der Waals surface area contributed by atoms with Crippen LogP contribution in [0.1, 0.15) is 26.2 Å². The molecule has 98 valence electrons. The zero-order valence-electron chi connectivity index (χ0n) is 10.6. The summed E-state index contributed by atoms with van der Waals surface area (Å²) in [4.78, 5) is 11.8. The molecule has 1 unspecified atom stereocenters. The molecule has 1 amide bonds. The van der Waals surface area contributed by atoms with Gasteiger partial charge in [-0.15, -0.1) is 0 Å². The Morgan fingerprint density at radius 3 is 2.88 bits per heavy atom. The van der Waals surface area contributed by atoms with E-state index in [9.17, 15) is 4.79 Å². The van der Waals surface area contributed by atoms with Crippen molar-refractivity contribution in [2.75, 3.05) is 32.8 Å². The van der Waals surface area contributed by atoms with Crippen LogP contribution in [-0.4, -0.2) is 50.3 Å². The first kappa shape index (κ1) is 12.8. The van der Waals surface area contributed by atoms with Gasteiger partial charge in [-0.1, -0.05) is 0 Å². The number of carbonyl (C=O) groups excluding carboxylic acids is 1. The van der Waals surface area contributed by atoms with Gasteiger partial charge in [-0.25, -0.2) is 0 Å². The third kappa shape index (κ3) is 3.94. The first-order valence-electron chi connectivity index (χ1n) is 6.51. The Morgan fingerprint density at radius 2 is 2.24 bits per heavy atom. The number of nitrogens with one attached hydrogen (secondary N) is 3. The molecule has 0 radical (unpaired) electrons. The normalized spacial score (nSPS) is 30.4. The van der Waals surface area contributed by atoms with Crippen molar-refractivity contribution in [3.8, 4) is 0 Å². The first-order chi connectivity index (χ1) is 8.18. The SMILES string of the molecule is CC1(NCC(=O)NC2CCOCC2)CCNC1. The average Bonchev–Trinajstić information content (AvgIpc) is 2.76. The maximum atomic E-state index is 11.8. The largest absolute Gasteiger partial charge is 0.381 e. The minimum Gasteiger partial charge on any atom is -0.381 e. The number of rotatable bonds is 4. The van der Waals surface area contributed by atoms with E-state index >= 15 is 0 Å². The van der Waals surface area contributed by atoms with Crippen molar-refractivity contribution in [2.24, 2.45) is 0 Å². The average molecular weight is 241 g/mol. The van der Waals surface area contributed by atoms with Crippen molar-refractivity contribution < 1.29 is 9.53 Å². The molecule has 2 aliphatic rings. The summed E-state index contributed by atoms with van der Waals surface area (Å²) >= 11 is 0. The fraction of sp³-hybridized carbons (Fsp3) is 0.917. The number of carbonyl (C=O) groups is 1. The lowest BCUT2D eigenvalue weighted by Gasteiger charge is -2.26. The fourth-order valence-corrected chi connectivity index (χ4v) is 2.38. The predicted molar refractivity (Wildman–Crippen MR) is 65.9 cm³/mol. The molecule has 17 heavy (non-hydrogen) atoms. The molecule has 0 aliphatic carbocycles. The van der Waals surface area contributed by atoms with Crippen LogP contribution in [-0.2, 0) is 9.53 Å². The van der Waals surface area contributed by atoms with Crippen LogP contribution in [0, 0.1) is 0 Å². The summed E-state index contributed by atoms with van der Waals surface area (Å²) in [6.45, 7) is 6.08. The van der Waals surface area contributed by atoms with E-state index in [1.165, 1.54) is 0 Å². The molecule has 2 aliphatic heterocycles. The molecule has 0 aromatic carbocycles. The maximum Gasteiger partial charge on any atom is 0.234 e. The number of amides is 1. The van der Waals surface area contributed by atoms with Crippen molar-refractivity contribution >= 4 is 5.91 Å². The first-order valence-corrected chi connectivity index (χ1v) is 6.51. The van der Waals surface area contributed by atoms with Crippen molar-refractivity contribution in [1.29, 1.82) is 0 Å². The van der Waals surface area contributed by atoms with Crippen molar-refractivity contribution in [3.63, 3.8) is 0 Å². The molecule has 1 atom stereocenters. The van der Waals surface area contributed by atoms with Crippen LogP contribution in [0.2, 0.25) is 0 Å². The van der Waals surface area contributed by atoms with Crippen molar-refractivity contribution in [3.05, 3.63) is 0 Å². The quantitative estimate of drug-likeness (QED) is 0.628. The Morgan fingerprint density at radius 1 is 1.47 bits per heavy atom. The standard InChI is InChI=1S/C12H23N3O2/c1-12(4-5-13-9-12)14-8-11(16)15-10-2-6-17-7-3-10/h10,13-14H,2-9H2,1H3,(H,15,16). The summed E-state index contributed by atoms with van der Waals surface area (Å²) in [5.74, 6) is 0.102. The molecule has 0 bridgehead atoms. The highest BCUT2D eigenvalue weighted by Gasteiger charge is 2.28.